The minimum atomic E-state index is -1.84. The lowest BCUT2D eigenvalue weighted by molar-refractivity contribution is -0.160. The van der Waals surface area contributed by atoms with Crippen LogP contribution in [0, 0.1) is 17.6 Å². The molecule has 2 aromatic rings. The lowest BCUT2D eigenvalue weighted by Crippen LogP contribution is -2.35. The van der Waals surface area contributed by atoms with Crippen molar-refractivity contribution in [2.45, 2.75) is 32.5 Å². The number of halogens is 2. The first-order valence-electron chi connectivity index (χ1n) is 8.94. The summed E-state index contributed by atoms with van der Waals surface area (Å²) in [5.74, 6) is -8.64. The van der Waals surface area contributed by atoms with E-state index in [2.05, 4.69) is 0 Å². The van der Waals surface area contributed by atoms with Gasteiger partial charge in [-0.15, -0.1) is 0 Å². The maximum atomic E-state index is 14.6. The summed E-state index contributed by atoms with van der Waals surface area (Å²) in [7, 11) is 0. The van der Waals surface area contributed by atoms with E-state index in [1.54, 1.807) is 30.3 Å². The summed E-state index contributed by atoms with van der Waals surface area (Å²) < 4.78 is 43.7. The van der Waals surface area contributed by atoms with Gasteiger partial charge in [0, 0.05) is 0 Å². The van der Waals surface area contributed by atoms with Gasteiger partial charge in [0.1, 0.15) is 12.7 Å². The number of ketones is 1. The average molecular weight is 404 g/mol. The Bertz CT molecular complexity index is 924. The summed E-state index contributed by atoms with van der Waals surface area (Å²) in [6.07, 6.45) is 0.984. The molecule has 0 N–H and O–H groups in total. The van der Waals surface area contributed by atoms with Gasteiger partial charge in [-0.1, -0.05) is 30.3 Å². The molecule has 1 aliphatic carbocycles. The van der Waals surface area contributed by atoms with Crippen LogP contribution in [0.15, 0.2) is 42.5 Å². The largest absolute Gasteiger partial charge is 0.483 e. The van der Waals surface area contributed by atoms with E-state index in [1.807, 2.05) is 0 Å². The molecule has 6 nitrogen and oxygen atoms in total. The Kier molecular flexibility index (Phi) is 6.21. The predicted octanol–water partition coefficient (Wildman–Crippen LogP) is 3.36. The minimum Gasteiger partial charge on any atom is -0.483 e. The Labute approximate surface area is 165 Å². The van der Waals surface area contributed by atoms with Crippen LogP contribution in [0.4, 0.5) is 8.78 Å². The smallest absolute Gasteiger partial charge is 0.333 e. The van der Waals surface area contributed by atoms with Gasteiger partial charge in [-0.05, 0) is 37.5 Å². The molecule has 0 amide bonds. The Morgan fingerprint density at radius 2 is 1.72 bits per heavy atom. The molecule has 1 atom stereocenters. The molecular weight excluding hydrogens is 386 g/mol. The van der Waals surface area contributed by atoms with Crippen molar-refractivity contribution in [3.05, 3.63) is 59.7 Å². The number of benzene rings is 2. The maximum absolute atomic E-state index is 14.6. The topological polar surface area (TPSA) is 78.9 Å². The van der Waals surface area contributed by atoms with Gasteiger partial charge in [-0.25, -0.2) is 4.39 Å². The first-order chi connectivity index (χ1) is 13.9. The zero-order chi connectivity index (χ0) is 21.0. The second-order valence-electron chi connectivity index (χ2n) is 6.56. The molecule has 0 spiro atoms. The van der Waals surface area contributed by atoms with E-state index in [0.717, 1.165) is 19.1 Å². The van der Waals surface area contributed by atoms with Gasteiger partial charge >= 0.3 is 11.9 Å². The van der Waals surface area contributed by atoms with Gasteiger partial charge in [0.05, 0.1) is 0 Å². The highest BCUT2D eigenvalue weighted by atomic mass is 19.1. The highest BCUT2D eigenvalue weighted by Gasteiger charge is 2.39. The van der Waals surface area contributed by atoms with Crippen molar-refractivity contribution < 1.29 is 37.4 Å². The molecule has 3 rings (SSSR count). The number of carbonyl (C=O) groups is 3. The molecule has 8 heteroatoms. The van der Waals surface area contributed by atoms with E-state index >= 15 is 0 Å². The molecular formula is C21H18F2O6. The Morgan fingerprint density at radius 3 is 2.34 bits per heavy atom. The highest BCUT2D eigenvalue weighted by molar-refractivity contribution is 6.14. The molecule has 0 aliphatic heterocycles. The van der Waals surface area contributed by atoms with Crippen LogP contribution < -0.4 is 9.47 Å². The van der Waals surface area contributed by atoms with E-state index in [1.165, 1.54) is 0 Å². The maximum Gasteiger partial charge on any atom is 0.333 e. The fourth-order valence-electron chi connectivity index (χ4n) is 2.47. The van der Waals surface area contributed by atoms with Crippen molar-refractivity contribution in [2.75, 3.05) is 0 Å². The molecule has 29 heavy (non-hydrogen) atoms. The first kappa shape index (κ1) is 20.4. The SMILES string of the molecule is CC(=O)C(C(=O)Oc1ccc(F)c(OCc2ccccc2)c1F)C(=O)OC1CC1. The second kappa shape index (κ2) is 8.81. The van der Waals surface area contributed by atoms with Crippen LogP contribution in [0.5, 0.6) is 11.5 Å². The molecule has 1 fully saturated rings. The third-order valence-corrected chi connectivity index (χ3v) is 4.14. The molecule has 1 unspecified atom stereocenters. The third-order valence-electron chi connectivity index (χ3n) is 4.14. The van der Waals surface area contributed by atoms with Crippen molar-refractivity contribution in [3.63, 3.8) is 0 Å². The van der Waals surface area contributed by atoms with Gasteiger partial charge < -0.3 is 14.2 Å². The standard InChI is InChI=1S/C21H18F2O6/c1-12(24)17(20(25)28-14-7-8-14)21(26)29-16-10-9-15(22)19(18(16)23)27-11-13-5-3-2-4-6-13/h2-6,9-10,14,17H,7-8,11H2,1H3. The van der Waals surface area contributed by atoms with Gasteiger partial charge in [-0.3, -0.25) is 14.4 Å². The number of rotatable bonds is 8. The molecule has 2 aromatic carbocycles. The second-order valence-corrected chi connectivity index (χ2v) is 6.56. The number of carbonyl (C=O) groups excluding carboxylic acids is 3. The molecule has 0 saturated heterocycles. The third kappa shape index (κ3) is 5.16. The number of ether oxygens (including phenoxy) is 3. The van der Waals surface area contributed by atoms with E-state index in [0.29, 0.717) is 18.4 Å². The lowest BCUT2D eigenvalue weighted by atomic mass is 10.1. The van der Waals surface area contributed by atoms with Crippen LogP contribution in [0.1, 0.15) is 25.3 Å². The van der Waals surface area contributed by atoms with Crippen LogP contribution in [-0.4, -0.2) is 23.8 Å². The molecule has 0 bridgehead atoms. The van der Waals surface area contributed by atoms with Gasteiger partial charge in [-0.2, -0.15) is 4.39 Å². The minimum absolute atomic E-state index is 0.115. The summed E-state index contributed by atoms with van der Waals surface area (Å²) in [5, 5.41) is 0. The Hall–Kier alpha value is -3.29. The molecule has 0 aromatic heterocycles. The number of hydrogen-bond donors (Lipinski definition) is 0. The van der Waals surface area contributed by atoms with E-state index < -0.39 is 46.8 Å². The monoisotopic (exact) mass is 404 g/mol. The summed E-state index contributed by atoms with van der Waals surface area (Å²) >= 11 is 0. The Balaban J connectivity index is 1.74. The molecule has 1 aliphatic rings. The zero-order valence-corrected chi connectivity index (χ0v) is 15.5. The van der Waals surface area contributed by atoms with Crippen molar-refractivity contribution in [2.24, 2.45) is 5.92 Å². The van der Waals surface area contributed by atoms with E-state index in [-0.39, 0.29) is 12.7 Å². The van der Waals surface area contributed by atoms with Crippen LogP contribution in [0.3, 0.4) is 0 Å². The van der Waals surface area contributed by atoms with Gasteiger partial charge in [0.15, 0.2) is 23.1 Å². The summed E-state index contributed by atoms with van der Waals surface area (Å²) in [6.45, 7) is 0.908. The predicted molar refractivity (Wildman–Crippen MR) is 96.1 cm³/mol. The zero-order valence-electron chi connectivity index (χ0n) is 15.5. The van der Waals surface area contributed by atoms with Crippen LogP contribution >= 0.6 is 0 Å². The number of Topliss-reactive ketones (excluding diaryl/α,β-unsaturated/α-hetero) is 1. The fraction of sp³-hybridized carbons (Fsp3) is 0.286. The van der Waals surface area contributed by atoms with Crippen molar-refractivity contribution in [3.8, 4) is 11.5 Å². The quantitative estimate of drug-likeness (QED) is 0.381. The van der Waals surface area contributed by atoms with Gasteiger partial charge in [0.25, 0.3) is 0 Å². The highest BCUT2D eigenvalue weighted by Crippen LogP contribution is 2.31. The van der Waals surface area contributed by atoms with E-state index in [9.17, 15) is 23.2 Å². The average Bonchev–Trinajstić information content (AvgIpc) is 3.48. The summed E-state index contributed by atoms with van der Waals surface area (Å²) in [6, 6.07) is 10.4. The number of hydrogen-bond acceptors (Lipinski definition) is 6. The number of esters is 2. The van der Waals surface area contributed by atoms with Crippen molar-refractivity contribution >= 4 is 17.7 Å². The summed E-state index contributed by atoms with van der Waals surface area (Å²) in [4.78, 5) is 36.0. The van der Waals surface area contributed by atoms with Crippen LogP contribution in [-0.2, 0) is 25.7 Å². The molecule has 0 radical (unpaired) electrons. The fourth-order valence-corrected chi connectivity index (χ4v) is 2.47. The van der Waals surface area contributed by atoms with Crippen LogP contribution in [0.25, 0.3) is 0 Å². The van der Waals surface area contributed by atoms with Crippen LogP contribution in [0.2, 0.25) is 0 Å². The normalized spacial score (nSPS) is 14.0. The van der Waals surface area contributed by atoms with Gasteiger partial charge in [0.2, 0.25) is 11.7 Å². The molecule has 152 valence electrons. The van der Waals surface area contributed by atoms with Crippen molar-refractivity contribution in [1.82, 2.24) is 0 Å². The Morgan fingerprint density at radius 1 is 1.03 bits per heavy atom. The van der Waals surface area contributed by atoms with E-state index in [4.69, 9.17) is 14.2 Å². The summed E-state index contributed by atoms with van der Waals surface area (Å²) in [5.41, 5.74) is 0.674. The first-order valence-corrected chi connectivity index (χ1v) is 8.94. The lowest BCUT2D eigenvalue weighted by Gasteiger charge is -2.14. The molecule has 0 heterocycles. The molecule has 1 saturated carbocycles. The van der Waals surface area contributed by atoms with Crippen molar-refractivity contribution in [1.29, 1.82) is 0 Å².